The molecule has 0 atom stereocenters. The fourth-order valence-electron chi connectivity index (χ4n) is 9.59. The fraction of sp³-hybridized carbons (Fsp3) is 0.0526. The van der Waals surface area contributed by atoms with E-state index in [1.807, 2.05) is 0 Å². The van der Waals surface area contributed by atoms with Gasteiger partial charge in [-0.2, -0.15) is 0 Å². The number of para-hydroxylation sites is 1. The molecule has 0 bridgehead atoms. The molecular weight excluding hydrogens is 715 g/mol. The number of rotatable bonds is 7. The number of hydrogen-bond acceptors (Lipinski definition) is 2. The summed E-state index contributed by atoms with van der Waals surface area (Å²) in [6.45, 7) is 2.90. The van der Waals surface area contributed by atoms with Gasteiger partial charge in [-0.3, -0.25) is 0 Å². The van der Waals surface area contributed by atoms with Gasteiger partial charge in [0.25, 0.3) is 0 Å². The molecule has 2 aliphatic rings. The topological polar surface area (TPSA) is 12.5 Å². The maximum atomic E-state index is 6.86. The Balaban J connectivity index is 0.962. The summed E-state index contributed by atoms with van der Waals surface area (Å²) in [4.78, 5) is 2.34. The molecule has 0 saturated heterocycles. The minimum Gasteiger partial charge on any atom is -0.488 e. The molecule has 0 unspecified atom stereocenters. The number of benzene rings is 9. The van der Waals surface area contributed by atoms with E-state index < -0.39 is 0 Å². The monoisotopic (exact) mass is 755 g/mol. The highest BCUT2D eigenvalue weighted by Crippen LogP contribution is 2.55. The van der Waals surface area contributed by atoms with Crippen LogP contribution in [0.3, 0.4) is 0 Å². The van der Waals surface area contributed by atoms with E-state index in [0.29, 0.717) is 6.61 Å². The largest absolute Gasteiger partial charge is 0.488 e. The van der Waals surface area contributed by atoms with Crippen LogP contribution in [0.25, 0.3) is 55.6 Å². The van der Waals surface area contributed by atoms with Crippen LogP contribution in [0, 0.1) is 0 Å². The van der Waals surface area contributed by atoms with Crippen molar-refractivity contribution >= 4 is 17.1 Å². The van der Waals surface area contributed by atoms with Crippen molar-refractivity contribution in [1.82, 2.24) is 0 Å². The summed E-state index contributed by atoms with van der Waals surface area (Å²) in [6.07, 6.45) is 0. The summed E-state index contributed by atoms with van der Waals surface area (Å²) >= 11 is 0. The molecule has 2 heteroatoms. The van der Waals surface area contributed by atoms with Gasteiger partial charge >= 0.3 is 0 Å². The smallest absolute Gasteiger partial charge is 0.135 e. The second-order valence-electron chi connectivity index (χ2n) is 15.7. The number of hydrogen-bond donors (Lipinski definition) is 0. The van der Waals surface area contributed by atoms with Crippen LogP contribution in [0.4, 0.5) is 17.1 Å². The second-order valence-corrected chi connectivity index (χ2v) is 15.7. The molecule has 1 aliphatic heterocycles. The molecule has 280 valence electrons. The van der Waals surface area contributed by atoms with Crippen molar-refractivity contribution < 1.29 is 4.74 Å². The van der Waals surface area contributed by atoms with E-state index in [9.17, 15) is 0 Å². The molecule has 1 aliphatic carbocycles. The third kappa shape index (κ3) is 5.79. The molecule has 1 heterocycles. The van der Waals surface area contributed by atoms with Gasteiger partial charge in [0, 0.05) is 39.2 Å². The lowest BCUT2D eigenvalue weighted by atomic mass is 9.71. The molecule has 0 aromatic heterocycles. The molecule has 9 aromatic carbocycles. The SMILES string of the molecule is CC1(c2cccc3c2COc2c(-c4ccc(N(c5ccc(-c6ccccc6)cc5)c5ccc(-c6ccccc6)cc5)cc4)cccc2-3)c2ccccc2-c2ccccc21. The highest BCUT2D eigenvalue weighted by Gasteiger charge is 2.42. The standard InChI is InChI=1S/C57H41NO/c1-57(53-23-10-8-18-49(53)50-19-9-11-24-54(50)57)55-25-13-21-48-51-22-12-20-47(56(51)59-38-52(48)55)43-30-36-46(37-31-43)58(44-32-26-41(27-33-44)39-14-4-2-5-15-39)45-34-28-42(29-35-45)40-16-6-3-7-17-40/h2-37H,38H2,1H3. The molecule has 9 aromatic rings. The van der Waals surface area contributed by atoms with E-state index in [1.165, 1.54) is 61.2 Å². The van der Waals surface area contributed by atoms with Gasteiger partial charge in [0.1, 0.15) is 12.4 Å². The van der Waals surface area contributed by atoms with Crippen molar-refractivity contribution in [2.45, 2.75) is 18.9 Å². The maximum Gasteiger partial charge on any atom is 0.135 e. The molecule has 0 radical (unpaired) electrons. The molecule has 0 fully saturated rings. The van der Waals surface area contributed by atoms with Crippen LogP contribution in [-0.2, 0) is 12.0 Å². The summed E-state index contributed by atoms with van der Waals surface area (Å²) in [5.41, 5.74) is 20.3. The Morgan fingerprint density at radius 1 is 0.339 bits per heavy atom. The van der Waals surface area contributed by atoms with E-state index >= 15 is 0 Å². The first-order valence-corrected chi connectivity index (χ1v) is 20.4. The van der Waals surface area contributed by atoms with E-state index in [4.69, 9.17) is 4.74 Å². The first kappa shape index (κ1) is 34.8. The van der Waals surface area contributed by atoms with Gasteiger partial charge in [0.15, 0.2) is 0 Å². The summed E-state index contributed by atoms with van der Waals surface area (Å²) in [5, 5.41) is 0. The van der Waals surface area contributed by atoms with Gasteiger partial charge in [-0.1, -0.05) is 182 Å². The highest BCUT2D eigenvalue weighted by atomic mass is 16.5. The molecule has 2 nitrogen and oxygen atoms in total. The Labute approximate surface area is 346 Å². The average molecular weight is 756 g/mol. The van der Waals surface area contributed by atoms with Crippen LogP contribution in [-0.4, -0.2) is 0 Å². The zero-order chi connectivity index (χ0) is 39.3. The summed E-state index contributed by atoms with van der Waals surface area (Å²) < 4.78 is 6.86. The lowest BCUT2D eigenvalue weighted by Crippen LogP contribution is -2.26. The molecule has 0 amide bonds. The summed E-state index contributed by atoms with van der Waals surface area (Å²) in [7, 11) is 0. The first-order valence-electron chi connectivity index (χ1n) is 20.4. The quantitative estimate of drug-likeness (QED) is 0.161. The molecule has 11 rings (SSSR count). The van der Waals surface area contributed by atoms with E-state index in [2.05, 4.69) is 230 Å². The first-order chi connectivity index (χ1) is 29.1. The van der Waals surface area contributed by atoms with Crippen molar-refractivity contribution in [1.29, 1.82) is 0 Å². The summed E-state index contributed by atoms with van der Waals surface area (Å²) in [5.74, 6) is 0.937. The predicted molar refractivity (Wildman–Crippen MR) is 245 cm³/mol. The average Bonchev–Trinajstić information content (AvgIpc) is 3.58. The number of anilines is 3. The zero-order valence-corrected chi connectivity index (χ0v) is 32.8. The van der Waals surface area contributed by atoms with Crippen molar-refractivity contribution in [2.75, 3.05) is 4.90 Å². The van der Waals surface area contributed by atoms with Gasteiger partial charge < -0.3 is 9.64 Å². The van der Waals surface area contributed by atoms with Crippen LogP contribution in [0.15, 0.2) is 218 Å². The maximum absolute atomic E-state index is 6.86. The van der Waals surface area contributed by atoms with Crippen LogP contribution in [0.2, 0.25) is 0 Å². The Kier molecular flexibility index (Phi) is 8.37. The lowest BCUT2D eigenvalue weighted by Gasteiger charge is -2.33. The van der Waals surface area contributed by atoms with Gasteiger partial charge in [-0.15, -0.1) is 0 Å². The van der Waals surface area contributed by atoms with Crippen LogP contribution >= 0.6 is 0 Å². The number of fused-ring (bicyclic) bond motifs is 6. The molecule has 0 N–H and O–H groups in total. The number of nitrogens with zero attached hydrogens (tertiary/aromatic N) is 1. The van der Waals surface area contributed by atoms with Crippen molar-refractivity contribution in [3.05, 3.63) is 241 Å². The Bertz CT molecular complexity index is 2840. The fourth-order valence-corrected chi connectivity index (χ4v) is 9.59. The van der Waals surface area contributed by atoms with Crippen LogP contribution in [0.1, 0.15) is 29.2 Å². The minimum absolute atomic E-state index is 0.289. The normalized spacial score (nSPS) is 13.0. The van der Waals surface area contributed by atoms with Gasteiger partial charge in [0.2, 0.25) is 0 Å². The third-order valence-electron chi connectivity index (χ3n) is 12.5. The molecular formula is C57H41NO. The van der Waals surface area contributed by atoms with E-state index in [1.54, 1.807) is 0 Å². The second kappa shape index (κ2) is 14.2. The Morgan fingerprint density at radius 2 is 0.729 bits per heavy atom. The molecule has 59 heavy (non-hydrogen) atoms. The Morgan fingerprint density at radius 3 is 1.27 bits per heavy atom. The molecule has 0 saturated carbocycles. The van der Waals surface area contributed by atoms with Gasteiger partial charge in [-0.05, 0) is 105 Å². The van der Waals surface area contributed by atoms with Crippen LogP contribution in [0.5, 0.6) is 5.75 Å². The number of ether oxygens (including phenoxy) is 1. The van der Waals surface area contributed by atoms with Gasteiger partial charge in [0.05, 0.1) is 0 Å². The summed E-state index contributed by atoms with van der Waals surface area (Å²) in [6, 6.07) is 78.9. The predicted octanol–water partition coefficient (Wildman–Crippen LogP) is 15.1. The highest BCUT2D eigenvalue weighted by molar-refractivity contribution is 5.89. The van der Waals surface area contributed by atoms with Crippen molar-refractivity contribution in [2.24, 2.45) is 0 Å². The van der Waals surface area contributed by atoms with Gasteiger partial charge in [-0.25, -0.2) is 0 Å². The molecule has 0 spiro atoms. The Hall–Kier alpha value is -7.42. The van der Waals surface area contributed by atoms with Crippen molar-refractivity contribution in [3.8, 4) is 61.4 Å². The van der Waals surface area contributed by atoms with Crippen LogP contribution < -0.4 is 9.64 Å². The third-order valence-corrected chi connectivity index (χ3v) is 12.5. The minimum atomic E-state index is -0.289. The van der Waals surface area contributed by atoms with E-state index in [-0.39, 0.29) is 5.41 Å². The zero-order valence-electron chi connectivity index (χ0n) is 32.8. The van der Waals surface area contributed by atoms with E-state index in [0.717, 1.165) is 39.5 Å². The van der Waals surface area contributed by atoms with Crippen molar-refractivity contribution in [3.63, 3.8) is 0 Å². The lowest BCUT2D eigenvalue weighted by molar-refractivity contribution is 0.301.